The lowest BCUT2D eigenvalue weighted by atomic mass is 9.89. The molecule has 1 saturated carbocycles. The monoisotopic (exact) mass is 279 g/mol. The highest BCUT2D eigenvalue weighted by atomic mass is 16.2. The van der Waals surface area contributed by atoms with Crippen LogP contribution in [0, 0.1) is 5.92 Å². The van der Waals surface area contributed by atoms with Crippen LogP contribution in [0.25, 0.3) is 0 Å². The molecule has 1 aliphatic heterocycles. The Hall–Kier alpha value is -1.03. The number of rotatable bonds is 4. The highest BCUT2D eigenvalue weighted by Crippen LogP contribution is 2.22. The molecule has 1 heterocycles. The Morgan fingerprint density at radius 1 is 1.15 bits per heavy atom. The van der Waals surface area contributed by atoms with Crippen LogP contribution in [0.15, 0.2) is 12.2 Å². The molecule has 0 atom stereocenters. The molecule has 0 aromatic rings. The highest BCUT2D eigenvalue weighted by molar-refractivity contribution is 5.74. The first-order valence-corrected chi connectivity index (χ1v) is 8.04. The zero-order chi connectivity index (χ0) is 14.4. The highest BCUT2D eigenvalue weighted by Gasteiger charge is 2.21. The maximum absolute atomic E-state index is 12.1. The predicted octanol–water partition coefficient (Wildman–Crippen LogP) is 2.47. The van der Waals surface area contributed by atoms with Gasteiger partial charge in [-0.2, -0.15) is 0 Å². The molecule has 0 aromatic carbocycles. The van der Waals surface area contributed by atoms with E-state index in [2.05, 4.69) is 23.7 Å². The Morgan fingerprint density at radius 3 is 2.40 bits per heavy atom. The lowest BCUT2D eigenvalue weighted by Crippen LogP contribution is -2.52. The smallest absolute Gasteiger partial charge is 0.317 e. The fraction of sp³-hybridized carbons (Fsp3) is 0.812. The minimum absolute atomic E-state index is 0.130. The van der Waals surface area contributed by atoms with E-state index in [1.54, 1.807) is 0 Å². The molecule has 0 spiro atoms. The molecule has 20 heavy (non-hydrogen) atoms. The summed E-state index contributed by atoms with van der Waals surface area (Å²) >= 11 is 0. The van der Waals surface area contributed by atoms with Crippen LogP contribution in [0.5, 0.6) is 0 Å². The van der Waals surface area contributed by atoms with Crippen molar-refractivity contribution >= 4 is 6.03 Å². The van der Waals surface area contributed by atoms with Crippen molar-refractivity contribution in [3.8, 4) is 0 Å². The molecule has 4 heteroatoms. The van der Waals surface area contributed by atoms with Crippen LogP contribution in [0.3, 0.4) is 0 Å². The number of hydrogen-bond donors (Lipinski definition) is 1. The van der Waals surface area contributed by atoms with Gasteiger partial charge in [0.1, 0.15) is 0 Å². The van der Waals surface area contributed by atoms with Crippen molar-refractivity contribution in [3.05, 3.63) is 12.2 Å². The number of nitrogens with one attached hydrogen (secondary N) is 1. The van der Waals surface area contributed by atoms with Crippen molar-refractivity contribution in [2.75, 3.05) is 39.3 Å². The minimum atomic E-state index is 0.130. The molecule has 2 fully saturated rings. The summed E-state index contributed by atoms with van der Waals surface area (Å²) in [7, 11) is 0. The summed E-state index contributed by atoms with van der Waals surface area (Å²) in [5.41, 5.74) is 1.19. The van der Waals surface area contributed by atoms with Crippen LogP contribution in [-0.2, 0) is 0 Å². The van der Waals surface area contributed by atoms with Gasteiger partial charge in [-0.3, -0.25) is 4.90 Å². The van der Waals surface area contributed by atoms with Crippen LogP contribution in [0.2, 0.25) is 0 Å². The molecule has 2 aliphatic rings. The Labute approximate surface area is 123 Å². The largest absolute Gasteiger partial charge is 0.338 e. The zero-order valence-corrected chi connectivity index (χ0v) is 12.9. The molecule has 2 amide bonds. The van der Waals surface area contributed by atoms with Gasteiger partial charge in [0.2, 0.25) is 0 Å². The quantitative estimate of drug-likeness (QED) is 0.802. The van der Waals surface area contributed by atoms with Crippen LogP contribution in [-0.4, -0.2) is 55.1 Å². The molecule has 1 saturated heterocycles. The van der Waals surface area contributed by atoms with Crippen molar-refractivity contribution in [2.24, 2.45) is 5.92 Å². The van der Waals surface area contributed by atoms with E-state index in [4.69, 9.17) is 0 Å². The third kappa shape index (κ3) is 4.82. The fourth-order valence-electron chi connectivity index (χ4n) is 3.23. The molecule has 1 N–H and O–H groups in total. The SMILES string of the molecule is C=C(C)CN1CCN(C(=O)NCC2CCCCC2)CC1. The molecular weight excluding hydrogens is 250 g/mol. The molecule has 0 bridgehead atoms. The first-order chi connectivity index (χ1) is 9.65. The van der Waals surface area contributed by atoms with E-state index < -0.39 is 0 Å². The third-order valence-electron chi connectivity index (χ3n) is 4.42. The van der Waals surface area contributed by atoms with E-state index in [1.807, 2.05) is 4.90 Å². The number of carbonyl (C=O) groups excluding carboxylic acids is 1. The normalized spacial score (nSPS) is 21.8. The van der Waals surface area contributed by atoms with Gasteiger partial charge in [-0.15, -0.1) is 0 Å². The second-order valence-electron chi connectivity index (χ2n) is 6.41. The molecule has 2 rings (SSSR count). The standard InChI is InChI=1S/C16H29N3O/c1-14(2)13-18-8-10-19(11-9-18)16(20)17-12-15-6-4-3-5-7-15/h15H,1,3-13H2,2H3,(H,17,20). The Morgan fingerprint density at radius 2 is 1.80 bits per heavy atom. The van der Waals surface area contributed by atoms with Crippen LogP contribution < -0.4 is 5.32 Å². The van der Waals surface area contributed by atoms with Gasteiger partial charge in [0, 0.05) is 39.3 Å². The minimum Gasteiger partial charge on any atom is -0.338 e. The average Bonchev–Trinajstić information content (AvgIpc) is 2.46. The first kappa shape index (κ1) is 15.4. The van der Waals surface area contributed by atoms with E-state index in [9.17, 15) is 4.79 Å². The van der Waals surface area contributed by atoms with E-state index in [1.165, 1.54) is 37.7 Å². The maximum atomic E-state index is 12.1. The first-order valence-electron chi connectivity index (χ1n) is 8.04. The van der Waals surface area contributed by atoms with E-state index in [-0.39, 0.29) is 6.03 Å². The van der Waals surface area contributed by atoms with Crippen molar-refractivity contribution in [1.29, 1.82) is 0 Å². The average molecular weight is 279 g/mol. The molecule has 0 radical (unpaired) electrons. The summed E-state index contributed by atoms with van der Waals surface area (Å²) in [5, 5.41) is 3.13. The van der Waals surface area contributed by atoms with E-state index in [0.717, 1.165) is 39.3 Å². The van der Waals surface area contributed by atoms with Crippen molar-refractivity contribution in [3.63, 3.8) is 0 Å². The molecule has 0 unspecified atom stereocenters. The summed E-state index contributed by atoms with van der Waals surface area (Å²) in [4.78, 5) is 16.5. The van der Waals surface area contributed by atoms with Crippen molar-refractivity contribution in [1.82, 2.24) is 15.1 Å². The molecule has 1 aliphatic carbocycles. The van der Waals surface area contributed by atoms with Crippen LogP contribution >= 0.6 is 0 Å². The summed E-state index contributed by atoms with van der Waals surface area (Å²) in [6.45, 7) is 11.4. The molecule has 0 aromatic heterocycles. The number of amides is 2. The summed E-state index contributed by atoms with van der Waals surface area (Å²) < 4.78 is 0. The third-order valence-corrected chi connectivity index (χ3v) is 4.42. The topological polar surface area (TPSA) is 35.6 Å². The Balaban J connectivity index is 1.65. The number of hydrogen-bond acceptors (Lipinski definition) is 2. The predicted molar refractivity (Wildman–Crippen MR) is 82.8 cm³/mol. The van der Waals surface area contributed by atoms with Gasteiger partial charge in [-0.25, -0.2) is 4.79 Å². The summed E-state index contributed by atoms with van der Waals surface area (Å²) in [6.07, 6.45) is 6.61. The number of carbonyl (C=O) groups is 1. The van der Waals surface area contributed by atoms with Crippen molar-refractivity contribution in [2.45, 2.75) is 39.0 Å². The zero-order valence-electron chi connectivity index (χ0n) is 12.9. The number of urea groups is 1. The number of nitrogens with zero attached hydrogens (tertiary/aromatic N) is 2. The number of piperazine rings is 1. The second-order valence-corrected chi connectivity index (χ2v) is 6.41. The van der Waals surface area contributed by atoms with Gasteiger partial charge >= 0.3 is 6.03 Å². The van der Waals surface area contributed by atoms with E-state index >= 15 is 0 Å². The molecular formula is C16H29N3O. The van der Waals surface area contributed by atoms with Gasteiger partial charge in [0.05, 0.1) is 0 Å². The van der Waals surface area contributed by atoms with Gasteiger partial charge in [-0.05, 0) is 25.7 Å². The molecule has 114 valence electrons. The summed E-state index contributed by atoms with van der Waals surface area (Å²) in [5.74, 6) is 0.706. The Bertz CT molecular complexity index is 329. The lowest BCUT2D eigenvalue weighted by molar-refractivity contribution is 0.143. The lowest BCUT2D eigenvalue weighted by Gasteiger charge is -2.35. The molecule has 4 nitrogen and oxygen atoms in total. The van der Waals surface area contributed by atoms with Gasteiger partial charge in [0.15, 0.2) is 0 Å². The maximum Gasteiger partial charge on any atom is 0.317 e. The van der Waals surface area contributed by atoms with Crippen LogP contribution in [0.4, 0.5) is 4.79 Å². The van der Waals surface area contributed by atoms with Crippen molar-refractivity contribution < 1.29 is 4.79 Å². The Kier molecular flexibility index (Phi) is 5.89. The van der Waals surface area contributed by atoms with Gasteiger partial charge in [-0.1, -0.05) is 31.4 Å². The van der Waals surface area contributed by atoms with E-state index in [0.29, 0.717) is 5.92 Å². The summed E-state index contributed by atoms with van der Waals surface area (Å²) in [6, 6.07) is 0.130. The van der Waals surface area contributed by atoms with Gasteiger partial charge in [0.25, 0.3) is 0 Å². The second kappa shape index (κ2) is 7.67. The van der Waals surface area contributed by atoms with Crippen LogP contribution in [0.1, 0.15) is 39.0 Å². The van der Waals surface area contributed by atoms with Gasteiger partial charge < -0.3 is 10.2 Å². The fourth-order valence-corrected chi connectivity index (χ4v) is 3.23.